The molecule has 0 saturated carbocycles. The zero-order chi connectivity index (χ0) is 16.6. The SMILES string of the molecule is Cn1nc(C(C)(C)C)cc1NC(=O)[C@@H]1COc2ccccc2O1. The molecule has 6 heteroatoms. The minimum absolute atomic E-state index is 0.0792. The summed E-state index contributed by atoms with van der Waals surface area (Å²) in [6, 6.07) is 9.21. The normalized spacial score (nSPS) is 17.0. The lowest BCUT2D eigenvalue weighted by Crippen LogP contribution is -2.40. The molecule has 2 heterocycles. The number of aromatic nitrogens is 2. The third kappa shape index (κ3) is 3.16. The molecule has 1 amide bonds. The summed E-state index contributed by atoms with van der Waals surface area (Å²) in [6.07, 6.45) is -0.683. The first-order valence-corrected chi connectivity index (χ1v) is 7.58. The van der Waals surface area contributed by atoms with E-state index in [1.165, 1.54) is 0 Å². The third-order valence-electron chi connectivity index (χ3n) is 3.70. The number of carbonyl (C=O) groups is 1. The number of para-hydroxylation sites is 2. The number of amides is 1. The summed E-state index contributed by atoms with van der Waals surface area (Å²) in [5, 5.41) is 7.31. The van der Waals surface area contributed by atoms with E-state index < -0.39 is 6.10 Å². The highest BCUT2D eigenvalue weighted by Gasteiger charge is 2.28. The van der Waals surface area contributed by atoms with E-state index >= 15 is 0 Å². The van der Waals surface area contributed by atoms with Crippen LogP contribution in [0.3, 0.4) is 0 Å². The molecule has 23 heavy (non-hydrogen) atoms. The number of hydrogen-bond acceptors (Lipinski definition) is 4. The molecule has 122 valence electrons. The van der Waals surface area contributed by atoms with Crippen LogP contribution in [0.5, 0.6) is 11.5 Å². The first-order chi connectivity index (χ1) is 10.8. The average molecular weight is 315 g/mol. The fourth-order valence-corrected chi connectivity index (χ4v) is 2.31. The van der Waals surface area contributed by atoms with Crippen LogP contribution in [0.4, 0.5) is 5.82 Å². The van der Waals surface area contributed by atoms with Crippen molar-refractivity contribution in [3.8, 4) is 11.5 Å². The van der Waals surface area contributed by atoms with Gasteiger partial charge in [0, 0.05) is 18.5 Å². The van der Waals surface area contributed by atoms with Gasteiger partial charge in [0.15, 0.2) is 11.5 Å². The van der Waals surface area contributed by atoms with Gasteiger partial charge in [-0.05, 0) is 12.1 Å². The zero-order valence-electron chi connectivity index (χ0n) is 13.8. The van der Waals surface area contributed by atoms with Gasteiger partial charge in [0.1, 0.15) is 12.4 Å². The molecule has 2 aromatic rings. The number of nitrogens with zero attached hydrogens (tertiary/aromatic N) is 2. The quantitative estimate of drug-likeness (QED) is 0.925. The van der Waals surface area contributed by atoms with Crippen LogP contribution in [-0.2, 0) is 17.3 Å². The van der Waals surface area contributed by atoms with Crippen LogP contribution in [0, 0.1) is 0 Å². The molecule has 3 rings (SSSR count). The number of ether oxygens (including phenoxy) is 2. The van der Waals surface area contributed by atoms with Crippen molar-refractivity contribution in [1.29, 1.82) is 0 Å². The summed E-state index contributed by atoms with van der Waals surface area (Å²) >= 11 is 0. The monoisotopic (exact) mass is 315 g/mol. The van der Waals surface area contributed by atoms with Crippen LogP contribution in [0.2, 0.25) is 0 Å². The minimum Gasteiger partial charge on any atom is -0.485 e. The van der Waals surface area contributed by atoms with Crippen molar-refractivity contribution in [3.05, 3.63) is 36.0 Å². The molecule has 6 nitrogen and oxygen atoms in total. The summed E-state index contributed by atoms with van der Waals surface area (Å²) in [6.45, 7) is 6.43. The topological polar surface area (TPSA) is 65.4 Å². The van der Waals surface area contributed by atoms with Crippen molar-refractivity contribution in [2.24, 2.45) is 7.05 Å². The Morgan fingerprint density at radius 2 is 2.00 bits per heavy atom. The van der Waals surface area contributed by atoms with Crippen molar-refractivity contribution >= 4 is 11.7 Å². The zero-order valence-corrected chi connectivity index (χ0v) is 13.8. The average Bonchev–Trinajstić information content (AvgIpc) is 2.88. The van der Waals surface area contributed by atoms with Gasteiger partial charge in [-0.2, -0.15) is 5.10 Å². The second kappa shape index (κ2) is 5.61. The van der Waals surface area contributed by atoms with Crippen molar-refractivity contribution < 1.29 is 14.3 Å². The highest BCUT2D eigenvalue weighted by Crippen LogP contribution is 2.31. The summed E-state index contributed by atoms with van der Waals surface area (Å²) in [5.74, 6) is 1.64. The molecule has 1 aromatic heterocycles. The van der Waals surface area contributed by atoms with Crippen LogP contribution in [0.15, 0.2) is 30.3 Å². The van der Waals surface area contributed by atoms with Crippen molar-refractivity contribution in [1.82, 2.24) is 9.78 Å². The summed E-state index contributed by atoms with van der Waals surface area (Å²) in [7, 11) is 1.80. The number of carbonyl (C=O) groups excluding carboxylic acids is 1. The maximum atomic E-state index is 12.4. The van der Waals surface area contributed by atoms with Crippen LogP contribution in [0.1, 0.15) is 26.5 Å². The highest BCUT2D eigenvalue weighted by atomic mass is 16.6. The second-order valence-corrected chi connectivity index (χ2v) is 6.64. The van der Waals surface area contributed by atoms with E-state index in [0.29, 0.717) is 17.3 Å². The van der Waals surface area contributed by atoms with E-state index in [1.807, 2.05) is 24.3 Å². The van der Waals surface area contributed by atoms with Crippen molar-refractivity contribution in [2.45, 2.75) is 32.3 Å². The molecule has 0 bridgehead atoms. The maximum Gasteiger partial charge on any atom is 0.270 e. The lowest BCUT2D eigenvalue weighted by atomic mass is 9.92. The minimum atomic E-state index is -0.683. The van der Waals surface area contributed by atoms with E-state index in [0.717, 1.165) is 5.69 Å². The molecular weight excluding hydrogens is 294 g/mol. The smallest absolute Gasteiger partial charge is 0.270 e. The Kier molecular flexibility index (Phi) is 3.75. The van der Waals surface area contributed by atoms with Crippen molar-refractivity contribution in [2.75, 3.05) is 11.9 Å². The van der Waals surface area contributed by atoms with E-state index in [9.17, 15) is 4.79 Å². The van der Waals surface area contributed by atoms with E-state index in [4.69, 9.17) is 9.47 Å². The number of anilines is 1. The van der Waals surface area contributed by atoms with Crippen LogP contribution in [0.25, 0.3) is 0 Å². The van der Waals surface area contributed by atoms with Gasteiger partial charge < -0.3 is 14.8 Å². The van der Waals surface area contributed by atoms with Gasteiger partial charge >= 0.3 is 0 Å². The number of benzene rings is 1. The number of hydrogen-bond donors (Lipinski definition) is 1. The number of fused-ring (bicyclic) bond motifs is 1. The molecule has 0 fully saturated rings. The van der Waals surface area contributed by atoms with Crippen LogP contribution < -0.4 is 14.8 Å². The summed E-state index contributed by atoms with van der Waals surface area (Å²) in [5.41, 5.74) is 0.839. The molecule has 1 aliphatic heterocycles. The fraction of sp³-hybridized carbons (Fsp3) is 0.412. The first kappa shape index (κ1) is 15.4. The van der Waals surface area contributed by atoms with Gasteiger partial charge in [0.05, 0.1) is 5.69 Å². The Balaban J connectivity index is 1.72. The van der Waals surface area contributed by atoms with E-state index in [2.05, 4.69) is 31.2 Å². The Morgan fingerprint density at radius 1 is 1.30 bits per heavy atom. The predicted octanol–water partition coefficient (Wildman–Crippen LogP) is 2.50. The molecular formula is C17H21N3O3. The van der Waals surface area contributed by atoms with E-state index in [-0.39, 0.29) is 17.9 Å². The Morgan fingerprint density at radius 3 is 2.65 bits per heavy atom. The highest BCUT2D eigenvalue weighted by molar-refractivity contribution is 5.94. The maximum absolute atomic E-state index is 12.4. The standard InChI is InChI=1S/C17H21N3O3/c1-17(2,3)14-9-15(20(4)19-14)18-16(21)13-10-22-11-7-5-6-8-12(11)23-13/h5-9,13H,10H2,1-4H3,(H,18,21)/t13-/m0/s1. The molecule has 0 radical (unpaired) electrons. The third-order valence-corrected chi connectivity index (χ3v) is 3.70. The van der Waals surface area contributed by atoms with Gasteiger partial charge in [-0.3, -0.25) is 9.48 Å². The molecule has 1 aliphatic rings. The molecule has 1 N–H and O–H groups in total. The molecule has 1 atom stereocenters. The Labute approximate surface area is 135 Å². The molecule has 1 aromatic carbocycles. The largest absolute Gasteiger partial charge is 0.485 e. The first-order valence-electron chi connectivity index (χ1n) is 7.58. The summed E-state index contributed by atoms with van der Waals surface area (Å²) < 4.78 is 13.0. The van der Waals surface area contributed by atoms with Crippen LogP contribution in [-0.4, -0.2) is 28.4 Å². The summed E-state index contributed by atoms with van der Waals surface area (Å²) in [4.78, 5) is 12.4. The van der Waals surface area contributed by atoms with E-state index in [1.54, 1.807) is 17.8 Å². The van der Waals surface area contributed by atoms with Crippen molar-refractivity contribution in [3.63, 3.8) is 0 Å². The number of aryl methyl sites for hydroxylation is 1. The molecule has 0 spiro atoms. The molecule has 0 unspecified atom stereocenters. The van der Waals surface area contributed by atoms with Gasteiger partial charge in [0.25, 0.3) is 5.91 Å². The Bertz CT molecular complexity index is 731. The Hall–Kier alpha value is -2.50. The molecule has 0 aliphatic carbocycles. The number of rotatable bonds is 2. The predicted molar refractivity (Wildman–Crippen MR) is 86.9 cm³/mol. The molecule has 0 saturated heterocycles. The number of nitrogens with one attached hydrogen (secondary N) is 1. The lowest BCUT2D eigenvalue weighted by molar-refractivity contribution is -0.125. The fourth-order valence-electron chi connectivity index (χ4n) is 2.31. The van der Waals surface area contributed by atoms with Gasteiger partial charge in [-0.1, -0.05) is 32.9 Å². The van der Waals surface area contributed by atoms with Gasteiger partial charge in [-0.15, -0.1) is 0 Å². The van der Waals surface area contributed by atoms with Crippen LogP contribution >= 0.6 is 0 Å². The lowest BCUT2D eigenvalue weighted by Gasteiger charge is -2.25. The second-order valence-electron chi connectivity index (χ2n) is 6.64. The van der Waals surface area contributed by atoms with Gasteiger partial charge in [0.2, 0.25) is 6.10 Å². The van der Waals surface area contributed by atoms with Gasteiger partial charge in [-0.25, -0.2) is 0 Å².